The van der Waals surface area contributed by atoms with Gasteiger partial charge in [-0.15, -0.1) is 0 Å². The quantitative estimate of drug-likeness (QED) is 0.600. The fourth-order valence-corrected chi connectivity index (χ4v) is 2.28. The van der Waals surface area contributed by atoms with E-state index >= 15 is 0 Å². The Bertz CT molecular complexity index is 835. The van der Waals surface area contributed by atoms with Crippen LogP contribution in [0.5, 0.6) is 0 Å². The van der Waals surface area contributed by atoms with Crippen molar-refractivity contribution in [3.63, 3.8) is 0 Å². The molecule has 0 radical (unpaired) electrons. The number of aromatic nitrogens is 1. The molecular formula is C18H19NO5. The molecule has 0 atom stereocenters. The summed E-state index contributed by atoms with van der Waals surface area (Å²) in [4.78, 5) is 36.0. The van der Waals surface area contributed by atoms with Crippen molar-refractivity contribution >= 4 is 23.5 Å². The lowest BCUT2D eigenvalue weighted by molar-refractivity contribution is -0.145. The first kappa shape index (κ1) is 17.5. The van der Waals surface area contributed by atoms with Crippen LogP contribution in [0, 0.1) is 0 Å². The Hall–Kier alpha value is -2.89. The van der Waals surface area contributed by atoms with Crippen LogP contribution >= 0.6 is 0 Å². The smallest absolute Gasteiger partial charge is 0.334 e. The molecule has 0 saturated carbocycles. The van der Waals surface area contributed by atoms with Gasteiger partial charge in [-0.2, -0.15) is 0 Å². The molecule has 6 nitrogen and oxygen atoms in total. The second-order valence-electron chi connectivity index (χ2n) is 4.95. The normalized spacial score (nSPS) is 11.3. The van der Waals surface area contributed by atoms with E-state index in [1.807, 2.05) is 0 Å². The number of hydrogen-bond donors (Lipinski definition) is 0. The predicted octanol–water partition coefficient (Wildman–Crippen LogP) is 2.20. The lowest BCUT2D eigenvalue weighted by Gasteiger charge is -2.07. The number of rotatable bonds is 6. The average molecular weight is 329 g/mol. The van der Waals surface area contributed by atoms with Gasteiger partial charge in [-0.3, -0.25) is 14.0 Å². The third-order valence-corrected chi connectivity index (χ3v) is 3.28. The lowest BCUT2D eigenvalue weighted by atomic mass is 10.1. The van der Waals surface area contributed by atoms with Crippen molar-refractivity contribution in [1.29, 1.82) is 0 Å². The summed E-state index contributed by atoms with van der Waals surface area (Å²) in [6, 6.07) is 10.1. The molecule has 0 amide bonds. The third kappa shape index (κ3) is 4.10. The number of carbonyl (C=O) groups is 2. The molecule has 0 N–H and O–H groups in total. The van der Waals surface area contributed by atoms with Crippen molar-refractivity contribution in [2.24, 2.45) is 0 Å². The molecule has 24 heavy (non-hydrogen) atoms. The maximum Gasteiger partial charge on any atom is 0.334 e. The van der Waals surface area contributed by atoms with Crippen LogP contribution in [0.4, 0.5) is 0 Å². The Labute approximate surface area is 139 Å². The van der Waals surface area contributed by atoms with Crippen molar-refractivity contribution in [1.82, 2.24) is 4.40 Å². The highest BCUT2D eigenvalue weighted by Crippen LogP contribution is 2.15. The van der Waals surface area contributed by atoms with E-state index in [-0.39, 0.29) is 30.8 Å². The molecule has 0 spiro atoms. The molecule has 2 rings (SSSR count). The summed E-state index contributed by atoms with van der Waals surface area (Å²) in [5, 5.41) is 0. The van der Waals surface area contributed by atoms with Crippen molar-refractivity contribution in [3.8, 4) is 0 Å². The van der Waals surface area contributed by atoms with E-state index < -0.39 is 11.9 Å². The Morgan fingerprint density at radius 3 is 2.46 bits per heavy atom. The zero-order chi connectivity index (χ0) is 17.5. The van der Waals surface area contributed by atoms with Gasteiger partial charge in [0.2, 0.25) is 0 Å². The molecule has 0 aliphatic heterocycles. The highest BCUT2D eigenvalue weighted by Gasteiger charge is 2.17. The van der Waals surface area contributed by atoms with E-state index in [0.717, 1.165) is 0 Å². The summed E-state index contributed by atoms with van der Waals surface area (Å²) in [5.74, 6) is -1.13. The topological polar surface area (TPSA) is 74.1 Å². The van der Waals surface area contributed by atoms with E-state index in [9.17, 15) is 14.4 Å². The molecule has 0 unspecified atom stereocenters. The number of ether oxygens (including phenoxy) is 2. The van der Waals surface area contributed by atoms with Gasteiger partial charge in [-0.25, -0.2) is 4.79 Å². The summed E-state index contributed by atoms with van der Waals surface area (Å²) in [6.07, 6.45) is 1.27. The molecule has 0 fully saturated rings. The molecule has 0 aromatic carbocycles. The van der Waals surface area contributed by atoms with Crippen molar-refractivity contribution in [2.45, 2.75) is 20.3 Å². The zero-order valence-electron chi connectivity index (χ0n) is 13.7. The average Bonchev–Trinajstić information content (AvgIpc) is 2.84. The molecule has 0 aliphatic rings. The minimum absolute atomic E-state index is 0.140. The fourth-order valence-electron chi connectivity index (χ4n) is 2.28. The molecule has 0 aliphatic carbocycles. The van der Waals surface area contributed by atoms with E-state index in [2.05, 4.69) is 0 Å². The molecule has 6 heteroatoms. The van der Waals surface area contributed by atoms with Gasteiger partial charge in [0.25, 0.3) is 5.56 Å². The number of nitrogens with zero attached hydrogens (tertiary/aromatic N) is 1. The third-order valence-electron chi connectivity index (χ3n) is 3.28. The highest BCUT2D eigenvalue weighted by molar-refractivity contribution is 5.98. The number of esters is 2. The van der Waals surface area contributed by atoms with Crippen LogP contribution in [0.25, 0.3) is 11.6 Å². The first-order chi connectivity index (χ1) is 11.6. The standard InChI is InChI=1S/C18H19NO5/c1-3-23-17(21)12-13(18(22)24-4-2)11-15-10-9-14-7-5-6-8-16(20)19(14)15/h5-11H,3-4,12H2,1-2H3/b13-11-. The van der Waals surface area contributed by atoms with Gasteiger partial charge < -0.3 is 9.47 Å². The van der Waals surface area contributed by atoms with E-state index in [1.165, 1.54) is 16.5 Å². The van der Waals surface area contributed by atoms with Gasteiger partial charge in [-0.1, -0.05) is 12.1 Å². The summed E-state index contributed by atoms with van der Waals surface area (Å²) >= 11 is 0. The molecular weight excluding hydrogens is 310 g/mol. The minimum Gasteiger partial charge on any atom is -0.466 e. The monoisotopic (exact) mass is 329 g/mol. The Morgan fingerprint density at radius 2 is 1.75 bits per heavy atom. The molecule has 126 valence electrons. The van der Waals surface area contributed by atoms with Crippen LogP contribution in [0.2, 0.25) is 0 Å². The van der Waals surface area contributed by atoms with Gasteiger partial charge >= 0.3 is 11.9 Å². The van der Waals surface area contributed by atoms with E-state index in [0.29, 0.717) is 11.2 Å². The van der Waals surface area contributed by atoms with Crippen LogP contribution in [-0.2, 0) is 19.1 Å². The molecule has 2 aromatic rings. The van der Waals surface area contributed by atoms with Crippen LogP contribution in [-0.4, -0.2) is 29.6 Å². The van der Waals surface area contributed by atoms with Gasteiger partial charge in [-0.05, 0) is 38.1 Å². The molecule has 0 saturated heterocycles. The second-order valence-corrected chi connectivity index (χ2v) is 4.95. The van der Waals surface area contributed by atoms with Gasteiger partial charge in [0.15, 0.2) is 0 Å². The summed E-state index contributed by atoms with van der Waals surface area (Å²) in [7, 11) is 0. The van der Waals surface area contributed by atoms with Gasteiger partial charge in [0.05, 0.1) is 25.2 Å². The summed E-state index contributed by atoms with van der Waals surface area (Å²) in [6.45, 7) is 3.79. The molecule has 2 aromatic heterocycles. The Kier molecular flexibility index (Phi) is 5.89. The van der Waals surface area contributed by atoms with Crippen LogP contribution in [0.1, 0.15) is 26.0 Å². The van der Waals surface area contributed by atoms with E-state index in [4.69, 9.17) is 9.47 Å². The molecule has 0 bridgehead atoms. The Balaban J connectivity index is 2.50. The van der Waals surface area contributed by atoms with Crippen molar-refractivity contribution < 1.29 is 19.1 Å². The number of carbonyl (C=O) groups excluding carboxylic acids is 2. The maximum atomic E-state index is 12.2. The Morgan fingerprint density at radius 1 is 1.04 bits per heavy atom. The fraction of sp³-hybridized carbons (Fsp3) is 0.278. The summed E-state index contributed by atoms with van der Waals surface area (Å²) < 4.78 is 11.3. The molecule has 2 heterocycles. The maximum absolute atomic E-state index is 12.2. The first-order valence-electron chi connectivity index (χ1n) is 7.71. The van der Waals surface area contributed by atoms with Crippen LogP contribution in [0.15, 0.2) is 46.8 Å². The van der Waals surface area contributed by atoms with Crippen LogP contribution < -0.4 is 5.56 Å². The summed E-state index contributed by atoms with van der Waals surface area (Å²) in [5.41, 5.74) is 1.10. The lowest BCUT2D eigenvalue weighted by Crippen LogP contribution is -2.14. The predicted molar refractivity (Wildman–Crippen MR) is 89.5 cm³/mol. The second kappa shape index (κ2) is 8.10. The van der Waals surface area contributed by atoms with Crippen molar-refractivity contribution in [3.05, 3.63) is 58.0 Å². The minimum atomic E-state index is -0.603. The van der Waals surface area contributed by atoms with E-state index in [1.54, 1.807) is 44.2 Å². The van der Waals surface area contributed by atoms with Gasteiger partial charge in [0.1, 0.15) is 0 Å². The largest absolute Gasteiger partial charge is 0.466 e. The first-order valence-corrected chi connectivity index (χ1v) is 7.71. The number of fused-ring (bicyclic) bond motifs is 1. The highest BCUT2D eigenvalue weighted by atomic mass is 16.5. The zero-order valence-corrected chi connectivity index (χ0v) is 13.7. The van der Waals surface area contributed by atoms with Gasteiger partial charge in [0, 0.05) is 17.3 Å². The van der Waals surface area contributed by atoms with Crippen LogP contribution in [0.3, 0.4) is 0 Å². The number of hydrogen-bond acceptors (Lipinski definition) is 5. The van der Waals surface area contributed by atoms with Crippen molar-refractivity contribution in [2.75, 3.05) is 13.2 Å². The SMILES string of the molecule is CCOC(=O)C/C(=C/c1ccc2ccccc(=O)n12)C(=O)OCC.